The van der Waals surface area contributed by atoms with Crippen molar-refractivity contribution in [3.05, 3.63) is 158 Å². The van der Waals surface area contributed by atoms with E-state index in [1.807, 2.05) is 0 Å². The molecule has 0 saturated carbocycles. The first-order valence-corrected chi connectivity index (χ1v) is 33.0. The molecule has 0 rings (SSSR count). The summed E-state index contributed by atoms with van der Waals surface area (Å²) in [5.41, 5.74) is 0. The van der Waals surface area contributed by atoms with Gasteiger partial charge in [0.25, 0.3) is 0 Å². The lowest BCUT2D eigenvalue weighted by molar-refractivity contribution is -0.167. The number of allylic oxidation sites excluding steroid dienone is 26. The maximum absolute atomic E-state index is 12.9. The lowest BCUT2D eigenvalue weighted by Crippen LogP contribution is -2.30. The highest BCUT2D eigenvalue weighted by Crippen LogP contribution is 2.15. The Hall–Kier alpha value is -4.97. The molecular weight excluding hydrogens is 997 g/mol. The molecule has 0 aromatic heterocycles. The van der Waals surface area contributed by atoms with Gasteiger partial charge in [0.15, 0.2) is 6.10 Å². The van der Waals surface area contributed by atoms with Crippen LogP contribution < -0.4 is 0 Å². The number of hydrogen-bond acceptors (Lipinski definition) is 6. The molecule has 0 aliphatic carbocycles. The van der Waals surface area contributed by atoms with Gasteiger partial charge in [0.1, 0.15) is 13.2 Å². The Morgan fingerprint density at radius 1 is 0.259 bits per heavy atom. The number of carbonyl (C=O) groups is 3. The van der Waals surface area contributed by atoms with Crippen molar-refractivity contribution in [2.45, 2.75) is 284 Å². The van der Waals surface area contributed by atoms with E-state index in [1.165, 1.54) is 89.9 Å². The van der Waals surface area contributed by atoms with Crippen molar-refractivity contribution in [2.75, 3.05) is 13.2 Å². The maximum Gasteiger partial charge on any atom is 0.306 e. The fourth-order valence-electron chi connectivity index (χ4n) is 8.62. The summed E-state index contributed by atoms with van der Waals surface area (Å²) in [6.07, 6.45) is 98.1. The molecule has 0 heterocycles. The minimum Gasteiger partial charge on any atom is -0.462 e. The second-order valence-electron chi connectivity index (χ2n) is 21.3. The van der Waals surface area contributed by atoms with Crippen LogP contribution in [0.15, 0.2) is 158 Å². The summed E-state index contributed by atoms with van der Waals surface area (Å²) < 4.78 is 16.9. The molecule has 0 aliphatic rings. The fraction of sp³-hybridized carbons (Fsp3) is 0.613. The molecule has 0 bridgehead atoms. The average Bonchev–Trinajstić information content (AvgIpc) is 3.47. The van der Waals surface area contributed by atoms with E-state index in [0.717, 1.165) is 141 Å². The molecule has 456 valence electrons. The number of unbranched alkanes of at least 4 members (excludes halogenated alkanes) is 21. The summed E-state index contributed by atoms with van der Waals surface area (Å²) in [5, 5.41) is 0. The van der Waals surface area contributed by atoms with Gasteiger partial charge in [-0.15, -0.1) is 0 Å². The van der Waals surface area contributed by atoms with E-state index in [9.17, 15) is 14.4 Å². The summed E-state index contributed by atoms with van der Waals surface area (Å²) in [6, 6.07) is 0. The Morgan fingerprint density at radius 2 is 0.481 bits per heavy atom. The van der Waals surface area contributed by atoms with E-state index in [-0.39, 0.29) is 37.5 Å². The van der Waals surface area contributed by atoms with Crippen LogP contribution in [0.4, 0.5) is 0 Å². The van der Waals surface area contributed by atoms with Crippen LogP contribution in [-0.4, -0.2) is 37.2 Å². The van der Waals surface area contributed by atoms with E-state index in [4.69, 9.17) is 14.2 Å². The lowest BCUT2D eigenvalue weighted by Gasteiger charge is -2.18. The van der Waals surface area contributed by atoms with Crippen LogP contribution >= 0.6 is 0 Å². The first-order chi connectivity index (χ1) is 40.0. The number of ether oxygens (including phenoxy) is 3. The van der Waals surface area contributed by atoms with Gasteiger partial charge in [0.2, 0.25) is 0 Å². The first kappa shape index (κ1) is 76.0. The minimum absolute atomic E-state index is 0.109. The molecule has 0 aromatic rings. The fourth-order valence-corrected chi connectivity index (χ4v) is 8.62. The molecule has 0 aliphatic heterocycles. The van der Waals surface area contributed by atoms with Crippen LogP contribution in [0.25, 0.3) is 0 Å². The van der Waals surface area contributed by atoms with Gasteiger partial charge >= 0.3 is 17.9 Å². The van der Waals surface area contributed by atoms with Gasteiger partial charge in [0.05, 0.1) is 0 Å². The number of esters is 3. The molecule has 6 heteroatoms. The lowest BCUT2D eigenvalue weighted by atomic mass is 10.1. The molecule has 81 heavy (non-hydrogen) atoms. The number of rotatable bonds is 58. The zero-order valence-electron chi connectivity index (χ0n) is 52.2. The second-order valence-corrected chi connectivity index (χ2v) is 21.3. The zero-order valence-corrected chi connectivity index (χ0v) is 52.2. The van der Waals surface area contributed by atoms with Crippen molar-refractivity contribution in [1.82, 2.24) is 0 Å². The topological polar surface area (TPSA) is 78.9 Å². The van der Waals surface area contributed by atoms with E-state index in [0.29, 0.717) is 19.3 Å². The van der Waals surface area contributed by atoms with Crippen molar-refractivity contribution in [1.29, 1.82) is 0 Å². The third kappa shape index (κ3) is 65.7. The Labute approximate surface area is 499 Å². The van der Waals surface area contributed by atoms with Gasteiger partial charge in [-0.25, -0.2) is 0 Å². The molecule has 0 aromatic carbocycles. The monoisotopic (exact) mass is 1120 g/mol. The van der Waals surface area contributed by atoms with Crippen LogP contribution in [0, 0.1) is 0 Å². The van der Waals surface area contributed by atoms with Crippen molar-refractivity contribution in [3.8, 4) is 0 Å². The van der Waals surface area contributed by atoms with Crippen LogP contribution in [0.3, 0.4) is 0 Å². The molecule has 0 radical (unpaired) electrons. The van der Waals surface area contributed by atoms with Gasteiger partial charge in [-0.1, -0.05) is 269 Å². The van der Waals surface area contributed by atoms with Crippen molar-refractivity contribution < 1.29 is 28.6 Å². The van der Waals surface area contributed by atoms with Gasteiger partial charge < -0.3 is 14.2 Å². The SMILES string of the molecule is CC/C=C\C/C=C\C/C=C\C/C=C\C/C=C\C/C=C\CCCCC(=O)OC(COC(=O)CCCCCCCC/C=C\C/C=C\C/C=C\CCCCC)COC(=O)CCCCCCCCCCCC/C=C\C/C=C\C/C=C\C/C=C\CC. The predicted octanol–water partition coefficient (Wildman–Crippen LogP) is 22.9. The predicted molar refractivity (Wildman–Crippen MR) is 352 cm³/mol. The van der Waals surface area contributed by atoms with Crippen LogP contribution in [-0.2, 0) is 28.6 Å². The maximum atomic E-state index is 12.9. The van der Waals surface area contributed by atoms with E-state index >= 15 is 0 Å². The van der Waals surface area contributed by atoms with Crippen LogP contribution in [0.2, 0.25) is 0 Å². The largest absolute Gasteiger partial charge is 0.462 e. The van der Waals surface area contributed by atoms with Crippen LogP contribution in [0.5, 0.6) is 0 Å². The highest BCUT2D eigenvalue weighted by Gasteiger charge is 2.19. The standard InChI is InChI=1S/C75H120O6/c1-4-7-10-13-16-19-22-25-28-31-34-36-37-39-41-44-47-50-53-56-59-62-65-68-74(77)80-71-72(70-79-73(76)67-64-61-58-55-52-49-46-43-40-33-30-27-24-21-18-15-12-9-6-3)81-75(78)69-66-63-60-57-54-51-48-45-42-38-35-32-29-26-23-20-17-14-11-8-5-2/h7-8,10-11,16-21,25-30,34-36,38,40,43,45,48,54,57,72H,4-6,9,12-15,22-24,31-33,37,39,41-42,44,46-47,49-53,55-56,58-71H2,1-3H3/b10-7-,11-8-,19-16-,20-17-,21-18-,28-25-,29-26-,30-27-,36-34-,38-35-,43-40-,48-45-,57-54-. The highest BCUT2D eigenvalue weighted by atomic mass is 16.6. The third-order valence-electron chi connectivity index (χ3n) is 13.5. The molecule has 0 saturated heterocycles. The first-order valence-electron chi connectivity index (χ1n) is 33.0. The van der Waals surface area contributed by atoms with Crippen LogP contribution in [0.1, 0.15) is 278 Å². The zero-order chi connectivity index (χ0) is 58.5. The molecule has 0 N–H and O–H groups in total. The molecular formula is C75H120O6. The molecule has 1 unspecified atom stereocenters. The Kier molecular flexibility index (Phi) is 63.4. The Morgan fingerprint density at radius 3 is 0.778 bits per heavy atom. The van der Waals surface area contributed by atoms with Gasteiger partial charge in [-0.3, -0.25) is 14.4 Å². The Balaban J connectivity index is 4.52. The van der Waals surface area contributed by atoms with Crippen molar-refractivity contribution >= 4 is 17.9 Å². The molecule has 0 amide bonds. The second kappa shape index (κ2) is 67.5. The average molecular weight is 1120 g/mol. The molecule has 6 nitrogen and oxygen atoms in total. The Bertz CT molecular complexity index is 1810. The highest BCUT2D eigenvalue weighted by molar-refractivity contribution is 5.71. The number of hydrogen-bond donors (Lipinski definition) is 0. The van der Waals surface area contributed by atoms with E-state index < -0.39 is 6.10 Å². The molecule has 0 spiro atoms. The van der Waals surface area contributed by atoms with Gasteiger partial charge in [-0.2, -0.15) is 0 Å². The van der Waals surface area contributed by atoms with Crippen molar-refractivity contribution in [3.63, 3.8) is 0 Å². The van der Waals surface area contributed by atoms with E-state index in [2.05, 4.69) is 179 Å². The normalized spacial score (nSPS) is 13.2. The third-order valence-corrected chi connectivity index (χ3v) is 13.5. The summed E-state index contributed by atoms with van der Waals surface area (Å²) >= 11 is 0. The minimum atomic E-state index is -0.819. The molecule has 0 fully saturated rings. The molecule has 1 atom stereocenters. The summed E-state index contributed by atoms with van der Waals surface area (Å²) in [4.78, 5) is 38.4. The van der Waals surface area contributed by atoms with Crippen molar-refractivity contribution in [2.24, 2.45) is 0 Å². The summed E-state index contributed by atoms with van der Waals surface area (Å²) in [6.45, 7) is 6.34. The van der Waals surface area contributed by atoms with Gasteiger partial charge in [-0.05, 0) is 148 Å². The summed E-state index contributed by atoms with van der Waals surface area (Å²) in [5.74, 6) is -0.969. The quantitative estimate of drug-likeness (QED) is 0.0261. The van der Waals surface area contributed by atoms with Gasteiger partial charge in [0, 0.05) is 19.3 Å². The number of carbonyl (C=O) groups excluding carboxylic acids is 3. The van der Waals surface area contributed by atoms with E-state index in [1.54, 1.807) is 0 Å². The smallest absolute Gasteiger partial charge is 0.306 e. The summed E-state index contributed by atoms with van der Waals surface area (Å²) in [7, 11) is 0.